The van der Waals surface area contributed by atoms with Crippen LogP contribution in [0.25, 0.3) is 0 Å². The topological polar surface area (TPSA) is 64.6 Å². The van der Waals surface area contributed by atoms with E-state index in [9.17, 15) is 9.90 Å². The van der Waals surface area contributed by atoms with E-state index in [2.05, 4.69) is 22.5 Å². The van der Waals surface area contributed by atoms with Gasteiger partial charge < -0.3 is 20.6 Å². The molecule has 1 aromatic carbocycles. The van der Waals surface area contributed by atoms with Crippen LogP contribution in [0.3, 0.4) is 0 Å². The molecule has 3 N–H and O–H groups in total. The van der Waals surface area contributed by atoms with E-state index in [1.807, 2.05) is 30.3 Å². The molecular formula is C19H31N3O2. The third-order valence-corrected chi connectivity index (χ3v) is 4.79. The van der Waals surface area contributed by atoms with E-state index < -0.39 is 0 Å². The lowest BCUT2D eigenvalue weighted by molar-refractivity contribution is 0.158. The molecule has 5 heteroatoms. The molecule has 1 aliphatic heterocycles. The summed E-state index contributed by atoms with van der Waals surface area (Å²) >= 11 is 0. The fraction of sp³-hybridized carbons (Fsp3) is 0.632. The average molecular weight is 333 g/mol. The van der Waals surface area contributed by atoms with Crippen LogP contribution in [0.1, 0.15) is 50.6 Å². The second-order valence-electron chi connectivity index (χ2n) is 6.63. The minimum Gasteiger partial charge on any atom is -0.394 e. The monoisotopic (exact) mass is 333 g/mol. The van der Waals surface area contributed by atoms with E-state index in [1.165, 1.54) is 25.8 Å². The summed E-state index contributed by atoms with van der Waals surface area (Å²) in [6.07, 6.45) is 6.06. The summed E-state index contributed by atoms with van der Waals surface area (Å²) in [6.45, 7) is 5.20. The summed E-state index contributed by atoms with van der Waals surface area (Å²) in [6, 6.07) is 9.65. The third-order valence-electron chi connectivity index (χ3n) is 4.79. The lowest BCUT2D eigenvalue weighted by Gasteiger charge is -2.33. The van der Waals surface area contributed by atoms with E-state index >= 15 is 0 Å². The Bertz CT molecular complexity index is 481. The Morgan fingerprint density at radius 1 is 1.29 bits per heavy atom. The number of carbonyl (C=O) groups is 1. The van der Waals surface area contributed by atoms with E-state index in [0.717, 1.165) is 24.9 Å². The van der Waals surface area contributed by atoms with Crippen molar-refractivity contribution < 1.29 is 9.90 Å². The number of carbonyl (C=O) groups excluding carboxylic acids is 1. The number of aliphatic hydroxyl groups is 1. The van der Waals surface area contributed by atoms with Crippen molar-refractivity contribution in [1.82, 2.24) is 15.5 Å². The first-order valence-corrected chi connectivity index (χ1v) is 9.15. The Balaban J connectivity index is 1.60. The summed E-state index contributed by atoms with van der Waals surface area (Å²) in [5.74, 6) is 0. The molecule has 1 saturated heterocycles. The van der Waals surface area contributed by atoms with E-state index in [0.29, 0.717) is 12.6 Å². The summed E-state index contributed by atoms with van der Waals surface area (Å²) in [5, 5.41) is 15.2. The molecule has 1 fully saturated rings. The SMILES string of the molecule is CC1CCCCN1CCCCNC(=O)NC(CO)c1ccccc1. The van der Waals surface area contributed by atoms with Crippen molar-refractivity contribution in [1.29, 1.82) is 0 Å². The highest BCUT2D eigenvalue weighted by atomic mass is 16.3. The van der Waals surface area contributed by atoms with Gasteiger partial charge in [0.15, 0.2) is 0 Å². The first-order valence-electron chi connectivity index (χ1n) is 9.15. The number of hydrogen-bond donors (Lipinski definition) is 3. The summed E-state index contributed by atoms with van der Waals surface area (Å²) in [7, 11) is 0. The molecule has 2 rings (SSSR count). The molecule has 2 atom stereocenters. The molecule has 0 aliphatic carbocycles. The number of nitrogens with zero attached hydrogens (tertiary/aromatic N) is 1. The van der Waals surface area contributed by atoms with Gasteiger partial charge >= 0.3 is 6.03 Å². The van der Waals surface area contributed by atoms with Crippen molar-refractivity contribution >= 4 is 6.03 Å². The number of rotatable bonds is 8. The van der Waals surface area contributed by atoms with Gasteiger partial charge in [0.25, 0.3) is 0 Å². The molecule has 2 amide bonds. The van der Waals surface area contributed by atoms with Crippen molar-refractivity contribution in [3.63, 3.8) is 0 Å². The van der Waals surface area contributed by atoms with Gasteiger partial charge in [-0.05, 0) is 51.3 Å². The molecule has 134 valence electrons. The molecule has 2 unspecified atom stereocenters. The average Bonchev–Trinajstić information content (AvgIpc) is 2.61. The maximum Gasteiger partial charge on any atom is 0.315 e. The smallest absolute Gasteiger partial charge is 0.315 e. The van der Waals surface area contributed by atoms with E-state index in [1.54, 1.807) is 0 Å². The molecule has 0 spiro atoms. The Morgan fingerprint density at radius 2 is 2.08 bits per heavy atom. The molecule has 0 bridgehead atoms. The Morgan fingerprint density at radius 3 is 2.79 bits per heavy atom. The first kappa shape index (κ1) is 18.7. The molecular weight excluding hydrogens is 302 g/mol. The molecule has 24 heavy (non-hydrogen) atoms. The van der Waals surface area contributed by atoms with E-state index in [4.69, 9.17) is 0 Å². The van der Waals surface area contributed by atoms with Crippen LogP contribution in [0.5, 0.6) is 0 Å². The van der Waals surface area contributed by atoms with Crippen molar-refractivity contribution in [3.05, 3.63) is 35.9 Å². The molecule has 0 radical (unpaired) electrons. The standard InChI is InChI=1S/C19H31N3O2/c1-16-9-5-7-13-22(16)14-8-6-12-20-19(24)21-18(15-23)17-10-3-2-4-11-17/h2-4,10-11,16,18,23H,5-9,12-15H2,1H3,(H2,20,21,24). The normalized spacial score (nSPS) is 19.7. The fourth-order valence-corrected chi connectivity index (χ4v) is 3.26. The number of hydrogen-bond acceptors (Lipinski definition) is 3. The zero-order chi connectivity index (χ0) is 17.2. The maximum absolute atomic E-state index is 12.0. The second kappa shape index (κ2) is 10.3. The van der Waals surface area contributed by atoms with Crippen LogP contribution >= 0.6 is 0 Å². The minimum atomic E-state index is -0.361. The van der Waals surface area contributed by atoms with Crippen molar-refractivity contribution in [3.8, 4) is 0 Å². The summed E-state index contributed by atoms with van der Waals surface area (Å²) in [5.41, 5.74) is 0.911. The number of unbranched alkanes of at least 4 members (excludes halogenated alkanes) is 1. The summed E-state index contributed by atoms with van der Waals surface area (Å²) in [4.78, 5) is 14.5. The lowest BCUT2D eigenvalue weighted by Crippen LogP contribution is -2.40. The van der Waals surface area contributed by atoms with Gasteiger partial charge in [-0.3, -0.25) is 0 Å². The molecule has 5 nitrogen and oxygen atoms in total. The van der Waals surface area contributed by atoms with Crippen LogP contribution in [0, 0.1) is 0 Å². The largest absolute Gasteiger partial charge is 0.394 e. The molecule has 0 saturated carbocycles. The molecule has 1 aromatic rings. The Kier molecular flexibility index (Phi) is 8.05. The van der Waals surface area contributed by atoms with Gasteiger partial charge in [-0.2, -0.15) is 0 Å². The second-order valence-corrected chi connectivity index (χ2v) is 6.63. The van der Waals surface area contributed by atoms with Gasteiger partial charge in [0.2, 0.25) is 0 Å². The number of piperidine rings is 1. The van der Waals surface area contributed by atoms with Crippen molar-refractivity contribution in [2.24, 2.45) is 0 Å². The van der Waals surface area contributed by atoms with Gasteiger partial charge in [-0.1, -0.05) is 36.8 Å². The molecule has 1 heterocycles. The van der Waals surface area contributed by atoms with Crippen LogP contribution in [-0.4, -0.2) is 48.3 Å². The van der Waals surface area contributed by atoms with Gasteiger partial charge in [0, 0.05) is 12.6 Å². The number of urea groups is 1. The zero-order valence-corrected chi connectivity index (χ0v) is 14.7. The minimum absolute atomic E-state index is 0.107. The van der Waals surface area contributed by atoms with Gasteiger partial charge in [0.1, 0.15) is 0 Å². The van der Waals surface area contributed by atoms with Gasteiger partial charge in [-0.15, -0.1) is 0 Å². The van der Waals surface area contributed by atoms with Gasteiger partial charge in [0.05, 0.1) is 12.6 Å². The highest BCUT2D eigenvalue weighted by molar-refractivity contribution is 5.74. The van der Waals surface area contributed by atoms with Crippen LogP contribution in [0.2, 0.25) is 0 Å². The highest BCUT2D eigenvalue weighted by Crippen LogP contribution is 2.16. The predicted molar refractivity (Wildman–Crippen MR) is 96.9 cm³/mol. The number of amides is 2. The van der Waals surface area contributed by atoms with Crippen LogP contribution in [-0.2, 0) is 0 Å². The number of nitrogens with one attached hydrogen (secondary N) is 2. The Labute approximate surface area is 145 Å². The van der Waals surface area contributed by atoms with Crippen LogP contribution in [0.4, 0.5) is 4.79 Å². The number of benzene rings is 1. The highest BCUT2D eigenvalue weighted by Gasteiger charge is 2.17. The van der Waals surface area contributed by atoms with Gasteiger partial charge in [-0.25, -0.2) is 4.79 Å². The lowest BCUT2D eigenvalue weighted by atomic mass is 10.0. The van der Waals surface area contributed by atoms with Crippen molar-refractivity contribution in [2.45, 2.75) is 51.1 Å². The molecule has 1 aliphatic rings. The molecule has 0 aromatic heterocycles. The fourth-order valence-electron chi connectivity index (χ4n) is 3.26. The number of aliphatic hydroxyl groups excluding tert-OH is 1. The maximum atomic E-state index is 12.0. The Hall–Kier alpha value is -1.59. The van der Waals surface area contributed by atoms with Crippen LogP contribution in [0.15, 0.2) is 30.3 Å². The zero-order valence-electron chi connectivity index (χ0n) is 14.7. The number of likely N-dealkylation sites (tertiary alicyclic amines) is 1. The first-order chi connectivity index (χ1) is 11.7. The van der Waals surface area contributed by atoms with Crippen LogP contribution < -0.4 is 10.6 Å². The van der Waals surface area contributed by atoms with E-state index in [-0.39, 0.29) is 18.7 Å². The predicted octanol–water partition coefficient (Wildman–Crippen LogP) is 2.67. The summed E-state index contributed by atoms with van der Waals surface area (Å²) < 4.78 is 0. The van der Waals surface area contributed by atoms with Crippen molar-refractivity contribution in [2.75, 3.05) is 26.2 Å². The third kappa shape index (κ3) is 6.13. The quantitative estimate of drug-likeness (QED) is 0.641.